The van der Waals surface area contributed by atoms with Gasteiger partial charge in [-0.2, -0.15) is 0 Å². The highest BCUT2D eigenvalue weighted by molar-refractivity contribution is 5.96. The zero-order chi connectivity index (χ0) is 16.9. The summed E-state index contributed by atoms with van der Waals surface area (Å²) in [6, 6.07) is 0. The van der Waals surface area contributed by atoms with Crippen molar-refractivity contribution in [2.24, 2.45) is 7.05 Å². The number of aryl methyl sites for hydroxylation is 1. The van der Waals surface area contributed by atoms with Crippen LogP contribution in [0.4, 0.5) is 14.6 Å². The van der Waals surface area contributed by atoms with Crippen molar-refractivity contribution in [2.75, 3.05) is 31.1 Å². The van der Waals surface area contributed by atoms with Crippen LogP contribution in [0.15, 0.2) is 6.33 Å². The quantitative estimate of drug-likeness (QED) is 0.826. The van der Waals surface area contributed by atoms with Crippen LogP contribution < -0.4 is 4.90 Å². The predicted octanol–water partition coefficient (Wildman–Crippen LogP) is 1.26. The molecule has 2 aromatic heterocycles. The lowest BCUT2D eigenvalue weighted by molar-refractivity contribution is -0.113. The van der Waals surface area contributed by atoms with Crippen LogP contribution in [0.5, 0.6) is 0 Å². The number of hydrogen-bond donors (Lipinski definition) is 0. The summed E-state index contributed by atoms with van der Waals surface area (Å²) in [5.74, 6) is -2.49. The number of halogens is 2. The molecule has 4 heterocycles. The zero-order valence-electron chi connectivity index (χ0n) is 13.2. The number of alkyl halides is 2. The highest BCUT2D eigenvalue weighted by atomic mass is 19.3. The molecule has 9 heteroatoms. The van der Waals surface area contributed by atoms with Crippen LogP contribution in [-0.4, -0.2) is 62.4 Å². The van der Waals surface area contributed by atoms with Gasteiger partial charge >= 0.3 is 0 Å². The first-order chi connectivity index (χ1) is 11.5. The Morgan fingerprint density at radius 2 is 1.92 bits per heavy atom. The summed E-state index contributed by atoms with van der Waals surface area (Å²) >= 11 is 0. The van der Waals surface area contributed by atoms with Crippen LogP contribution >= 0.6 is 0 Å². The van der Waals surface area contributed by atoms with Crippen molar-refractivity contribution in [3.63, 3.8) is 0 Å². The van der Waals surface area contributed by atoms with Crippen LogP contribution in [-0.2, 0) is 7.05 Å². The summed E-state index contributed by atoms with van der Waals surface area (Å²) < 4.78 is 27.6. The minimum Gasteiger partial charge on any atom is -0.355 e. The monoisotopic (exact) mass is 335 g/mol. The molecule has 0 unspecified atom stereocenters. The number of nitrogens with zero attached hydrogens (tertiary/aromatic N) is 6. The van der Waals surface area contributed by atoms with Gasteiger partial charge in [-0.1, -0.05) is 0 Å². The van der Waals surface area contributed by atoms with Crippen LogP contribution in [0.1, 0.15) is 23.5 Å². The molecule has 0 atom stereocenters. The topological polar surface area (TPSA) is 67.2 Å². The summed E-state index contributed by atoms with van der Waals surface area (Å²) in [4.78, 5) is 28.6. The normalized spacial score (nSPS) is 20.3. The third-order valence-electron chi connectivity index (χ3n) is 4.47. The fourth-order valence-electron chi connectivity index (χ4n) is 3.17. The van der Waals surface area contributed by atoms with Gasteiger partial charge in [0.25, 0.3) is 11.8 Å². The minimum atomic E-state index is -2.80. The molecule has 0 aliphatic carbocycles. The molecule has 0 aromatic carbocycles. The molecule has 4 rings (SSSR count). The molecule has 0 N–H and O–H groups in total. The van der Waals surface area contributed by atoms with Gasteiger partial charge in [-0.3, -0.25) is 4.79 Å². The van der Waals surface area contributed by atoms with E-state index in [9.17, 15) is 13.6 Å². The number of carbonyl (C=O) groups excluding carboxylic acids is 1. The number of aromatic nitrogens is 4. The highest BCUT2D eigenvalue weighted by Gasteiger charge is 2.47. The molecule has 0 bridgehead atoms. The second-order valence-electron chi connectivity index (χ2n) is 6.23. The second-order valence-corrected chi connectivity index (χ2v) is 6.23. The van der Waals surface area contributed by atoms with Gasteiger partial charge in [-0.05, 0) is 19.3 Å². The van der Waals surface area contributed by atoms with Crippen LogP contribution in [0.25, 0.3) is 11.2 Å². The van der Waals surface area contributed by atoms with Crippen LogP contribution in [0, 0.1) is 6.42 Å². The first-order valence-corrected chi connectivity index (χ1v) is 7.87. The number of piperidine rings is 1. The number of likely N-dealkylation sites (tertiary alicyclic amines) is 1. The number of fused-ring (bicyclic) bond motifs is 1. The molecule has 7 nitrogen and oxygen atoms in total. The first-order valence-electron chi connectivity index (χ1n) is 7.87. The predicted molar refractivity (Wildman–Crippen MR) is 82.9 cm³/mol. The van der Waals surface area contributed by atoms with E-state index in [1.807, 2.05) is 0 Å². The van der Waals surface area contributed by atoms with Crippen molar-refractivity contribution < 1.29 is 13.6 Å². The van der Waals surface area contributed by atoms with E-state index >= 15 is 0 Å². The van der Waals surface area contributed by atoms with E-state index in [1.54, 1.807) is 11.6 Å². The molecule has 2 aliphatic rings. The van der Waals surface area contributed by atoms with Gasteiger partial charge in [-0.15, -0.1) is 0 Å². The van der Waals surface area contributed by atoms with Crippen LogP contribution in [0.2, 0.25) is 0 Å². The molecule has 1 amide bonds. The Balaban J connectivity index is 1.70. The molecule has 0 saturated carbocycles. The molecule has 24 heavy (non-hydrogen) atoms. The van der Waals surface area contributed by atoms with Gasteiger partial charge in [0.2, 0.25) is 5.82 Å². The Hall–Kier alpha value is -2.32. The fourth-order valence-corrected chi connectivity index (χ4v) is 3.17. The number of anilines is 1. The van der Waals surface area contributed by atoms with E-state index in [0.29, 0.717) is 17.0 Å². The maximum atomic E-state index is 13.0. The SMILES string of the molecule is Cn1c(C(=O)N2CC(F)(F)C2)nc2c(N3CC[CH]CC3)ncnc21. The molecule has 2 fully saturated rings. The second kappa shape index (κ2) is 5.35. The number of hydrogen-bond acceptors (Lipinski definition) is 5. The molecule has 2 aromatic rings. The Morgan fingerprint density at radius 1 is 1.21 bits per heavy atom. The minimum absolute atomic E-state index is 0.117. The summed E-state index contributed by atoms with van der Waals surface area (Å²) in [5, 5.41) is 0. The number of rotatable bonds is 2. The molecule has 127 valence electrons. The van der Waals surface area contributed by atoms with Gasteiger partial charge < -0.3 is 14.4 Å². The lowest BCUT2D eigenvalue weighted by Crippen LogP contribution is -2.58. The smallest absolute Gasteiger partial charge is 0.290 e. The number of amides is 1. The molecule has 0 spiro atoms. The van der Waals surface area contributed by atoms with E-state index in [0.717, 1.165) is 30.8 Å². The van der Waals surface area contributed by atoms with Gasteiger partial charge in [0.05, 0.1) is 13.1 Å². The lowest BCUT2D eigenvalue weighted by Gasteiger charge is -2.38. The van der Waals surface area contributed by atoms with Crippen molar-refractivity contribution in [1.29, 1.82) is 0 Å². The molecule has 2 saturated heterocycles. The maximum Gasteiger partial charge on any atom is 0.290 e. The average molecular weight is 335 g/mol. The Kier molecular flexibility index (Phi) is 3.40. The molecule has 1 radical (unpaired) electrons. The number of carbonyl (C=O) groups is 1. The van der Waals surface area contributed by atoms with Crippen molar-refractivity contribution in [3.05, 3.63) is 18.6 Å². The van der Waals surface area contributed by atoms with Crippen molar-refractivity contribution in [1.82, 2.24) is 24.4 Å². The van der Waals surface area contributed by atoms with E-state index in [2.05, 4.69) is 26.3 Å². The molecule has 2 aliphatic heterocycles. The van der Waals surface area contributed by atoms with E-state index in [-0.39, 0.29) is 5.82 Å². The Bertz CT molecular complexity index is 791. The van der Waals surface area contributed by atoms with Gasteiger partial charge in [0.1, 0.15) is 6.33 Å². The van der Waals surface area contributed by atoms with Gasteiger partial charge in [0, 0.05) is 20.1 Å². The van der Waals surface area contributed by atoms with E-state index in [1.165, 1.54) is 6.33 Å². The fraction of sp³-hybridized carbons (Fsp3) is 0.533. The third kappa shape index (κ3) is 2.38. The van der Waals surface area contributed by atoms with Gasteiger partial charge in [0.15, 0.2) is 17.0 Å². The highest BCUT2D eigenvalue weighted by Crippen LogP contribution is 2.30. The van der Waals surface area contributed by atoms with Crippen molar-refractivity contribution >= 4 is 22.9 Å². The number of imidazole rings is 1. The summed E-state index contributed by atoms with van der Waals surface area (Å²) in [7, 11) is 1.67. The van der Waals surface area contributed by atoms with Crippen molar-refractivity contribution in [2.45, 2.75) is 18.8 Å². The van der Waals surface area contributed by atoms with Gasteiger partial charge in [-0.25, -0.2) is 23.7 Å². The summed E-state index contributed by atoms with van der Waals surface area (Å²) in [6.07, 6.45) is 5.61. The first kappa shape index (κ1) is 15.2. The standard InChI is InChI=1S/C15H17F2N6O/c1-21-11-10(12(19-9-18-11)22-5-3-2-4-6-22)20-13(21)14(24)23-7-15(16,17)8-23/h2,9H,3-8H2,1H3. The van der Waals surface area contributed by atoms with E-state index in [4.69, 9.17) is 0 Å². The third-order valence-corrected chi connectivity index (χ3v) is 4.47. The van der Waals surface area contributed by atoms with Crippen molar-refractivity contribution in [3.8, 4) is 0 Å². The van der Waals surface area contributed by atoms with Crippen LogP contribution in [0.3, 0.4) is 0 Å². The Morgan fingerprint density at radius 3 is 2.58 bits per heavy atom. The summed E-state index contributed by atoms with van der Waals surface area (Å²) in [6.45, 7) is 0.555. The summed E-state index contributed by atoms with van der Waals surface area (Å²) in [5.41, 5.74) is 1.07. The largest absolute Gasteiger partial charge is 0.355 e. The van der Waals surface area contributed by atoms with E-state index < -0.39 is 24.9 Å². The average Bonchev–Trinajstić information content (AvgIpc) is 2.90. The molecular formula is C15H17F2N6O. The zero-order valence-corrected chi connectivity index (χ0v) is 13.2. The Labute approximate surface area is 137 Å². The maximum absolute atomic E-state index is 13.0. The molecular weight excluding hydrogens is 318 g/mol. The lowest BCUT2D eigenvalue weighted by atomic mass is 10.1.